The second-order valence-electron chi connectivity index (χ2n) is 4.32. The molecule has 0 atom stereocenters. The minimum Gasteiger partial charge on any atom is -0.380 e. The van der Waals surface area contributed by atoms with E-state index in [9.17, 15) is 0 Å². The van der Waals surface area contributed by atoms with Gasteiger partial charge in [-0.25, -0.2) is 0 Å². The number of hydrogen-bond donors (Lipinski definition) is 2. The standard InChI is InChI=1S/C12H15N7O/c13-11-10(16-15-9-2-1-3-14-8-9)12(18-17-11)19-4-6-20-7-5-19/h1-3,8,15H,4-7H2,(H2,13,16,17). The Morgan fingerprint density at radius 3 is 2.90 bits per heavy atom. The Kier molecular flexibility index (Phi) is 3.55. The first-order chi connectivity index (χ1) is 9.84. The Balaban J connectivity index is 1.75. The normalized spacial score (nSPS) is 20.8. The van der Waals surface area contributed by atoms with Crippen LogP contribution >= 0.6 is 0 Å². The fraction of sp³-hybridized carbons (Fsp3) is 0.333. The van der Waals surface area contributed by atoms with Crippen LogP contribution in [0, 0.1) is 0 Å². The van der Waals surface area contributed by atoms with Crippen molar-refractivity contribution >= 4 is 23.1 Å². The molecule has 2 aliphatic rings. The molecular formula is C12H15N7O. The lowest BCUT2D eigenvalue weighted by molar-refractivity contribution is 0.0689. The molecule has 1 aromatic rings. The number of anilines is 1. The zero-order valence-corrected chi connectivity index (χ0v) is 10.9. The molecule has 1 fully saturated rings. The largest absolute Gasteiger partial charge is 0.380 e. The van der Waals surface area contributed by atoms with Crippen molar-refractivity contribution in [3.63, 3.8) is 0 Å². The van der Waals surface area contributed by atoms with Crippen LogP contribution < -0.4 is 11.2 Å². The summed E-state index contributed by atoms with van der Waals surface area (Å²) in [6.45, 7) is 2.85. The molecule has 1 aromatic heterocycles. The molecule has 0 aromatic carbocycles. The molecule has 0 amide bonds. The second kappa shape index (κ2) is 5.66. The maximum Gasteiger partial charge on any atom is 0.183 e. The molecule has 0 spiro atoms. The molecule has 104 valence electrons. The first-order valence-corrected chi connectivity index (χ1v) is 6.33. The average Bonchev–Trinajstić information content (AvgIpc) is 2.88. The number of rotatable bonds is 2. The smallest absolute Gasteiger partial charge is 0.183 e. The van der Waals surface area contributed by atoms with Gasteiger partial charge in [-0.05, 0) is 12.1 Å². The van der Waals surface area contributed by atoms with E-state index in [1.54, 1.807) is 12.4 Å². The number of nitrogens with two attached hydrogens (primary N) is 1. The quantitative estimate of drug-likeness (QED) is 0.731. The Labute approximate surface area is 116 Å². The molecule has 0 aliphatic carbocycles. The predicted molar refractivity (Wildman–Crippen MR) is 76.7 cm³/mol. The van der Waals surface area contributed by atoms with E-state index >= 15 is 0 Å². The monoisotopic (exact) mass is 273 g/mol. The van der Waals surface area contributed by atoms with Crippen LogP contribution in [-0.4, -0.2) is 53.6 Å². The summed E-state index contributed by atoms with van der Waals surface area (Å²) in [5.41, 5.74) is 10.1. The molecule has 8 nitrogen and oxygen atoms in total. The van der Waals surface area contributed by atoms with Gasteiger partial charge < -0.3 is 15.4 Å². The van der Waals surface area contributed by atoms with Gasteiger partial charge in [0.05, 0.1) is 25.1 Å². The van der Waals surface area contributed by atoms with E-state index in [0.29, 0.717) is 30.6 Å². The molecule has 0 radical (unpaired) electrons. The van der Waals surface area contributed by atoms with Gasteiger partial charge in [-0.15, -0.1) is 10.2 Å². The zero-order valence-electron chi connectivity index (χ0n) is 10.9. The van der Waals surface area contributed by atoms with Gasteiger partial charge in [-0.2, -0.15) is 5.10 Å². The summed E-state index contributed by atoms with van der Waals surface area (Å²) >= 11 is 0. The average molecular weight is 273 g/mol. The maximum absolute atomic E-state index is 5.83. The number of hydrazone groups is 1. The molecule has 20 heavy (non-hydrogen) atoms. The van der Waals surface area contributed by atoms with Gasteiger partial charge in [-0.3, -0.25) is 10.4 Å². The third-order valence-corrected chi connectivity index (χ3v) is 2.98. The fourth-order valence-corrected chi connectivity index (χ4v) is 1.96. The van der Waals surface area contributed by atoms with Crippen molar-refractivity contribution in [2.24, 2.45) is 21.0 Å². The minimum atomic E-state index is 0.308. The van der Waals surface area contributed by atoms with Crippen molar-refractivity contribution < 1.29 is 4.74 Å². The maximum atomic E-state index is 5.83. The summed E-state index contributed by atoms with van der Waals surface area (Å²) < 4.78 is 5.32. The first-order valence-electron chi connectivity index (χ1n) is 6.33. The third kappa shape index (κ3) is 2.59. The summed E-state index contributed by atoms with van der Waals surface area (Å²) in [5, 5.41) is 12.3. The van der Waals surface area contributed by atoms with Crippen LogP contribution in [0.4, 0.5) is 5.69 Å². The van der Waals surface area contributed by atoms with E-state index < -0.39 is 0 Å². The molecule has 3 N–H and O–H groups in total. The van der Waals surface area contributed by atoms with E-state index in [1.165, 1.54) is 0 Å². The highest BCUT2D eigenvalue weighted by molar-refractivity contribution is 6.68. The number of aromatic nitrogens is 1. The van der Waals surface area contributed by atoms with Gasteiger partial charge in [0, 0.05) is 19.3 Å². The lowest BCUT2D eigenvalue weighted by Gasteiger charge is -2.28. The van der Waals surface area contributed by atoms with Crippen molar-refractivity contribution in [1.29, 1.82) is 0 Å². The van der Waals surface area contributed by atoms with Crippen LogP contribution in [0.2, 0.25) is 0 Å². The van der Waals surface area contributed by atoms with Crippen LogP contribution in [0.5, 0.6) is 0 Å². The molecular weight excluding hydrogens is 258 g/mol. The van der Waals surface area contributed by atoms with Crippen LogP contribution in [0.25, 0.3) is 0 Å². The fourth-order valence-electron chi connectivity index (χ4n) is 1.96. The highest BCUT2D eigenvalue weighted by Crippen LogP contribution is 2.08. The SMILES string of the molecule is NC1=NN=C(N2CCOCC2)/C1=N\Nc1cccnc1. The first kappa shape index (κ1) is 12.5. The van der Waals surface area contributed by atoms with Gasteiger partial charge in [0.25, 0.3) is 0 Å². The van der Waals surface area contributed by atoms with Crippen LogP contribution in [0.15, 0.2) is 39.8 Å². The van der Waals surface area contributed by atoms with Crippen LogP contribution in [0.1, 0.15) is 0 Å². The predicted octanol–water partition coefficient (Wildman–Crippen LogP) is -0.134. The van der Waals surface area contributed by atoms with Crippen molar-refractivity contribution in [2.45, 2.75) is 0 Å². The van der Waals surface area contributed by atoms with E-state index in [-0.39, 0.29) is 0 Å². The number of nitrogens with zero attached hydrogens (tertiary/aromatic N) is 5. The second-order valence-corrected chi connectivity index (χ2v) is 4.32. The van der Waals surface area contributed by atoms with E-state index in [0.717, 1.165) is 18.8 Å². The van der Waals surface area contributed by atoms with Gasteiger partial charge >= 0.3 is 0 Å². The number of pyridine rings is 1. The molecule has 3 heterocycles. The number of ether oxygens (including phenoxy) is 1. The van der Waals surface area contributed by atoms with Crippen LogP contribution in [-0.2, 0) is 4.74 Å². The lowest BCUT2D eigenvalue weighted by Crippen LogP contribution is -2.46. The van der Waals surface area contributed by atoms with Crippen molar-refractivity contribution in [3.05, 3.63) is 24.5 Å². The minimum absolute atomic E-state index is 0.308. The van der Waals surface area contributed by atoms with Crippen molar-refractivity contribution in [2.75, 3.05) is 31.7 Å². The number of morpholine rings is 1. The molecule has 1 saturated heterocycles. The molecule has 0 unspecified atom stereocenters. The summed E-state index contributed by atoms with van der Waals surface area (Å²) in [5.74, 6) is 0.991. The Morgan fingerprint density at radius 2 is 2.15 bits per heavy atom. The Hall–Kier alpha value is -2.48. The van der Waals surface area contributed by atoms with Gasteiger partial charge in [0.2, 0.25) is 0 Å². The molecule has 0 saturated carbocycles. The molecule has 2 aliphatic heterocycles. The van der Waals surface area contributed by atoms with Crippen molar-refractivity contribution in [1.82, 2.24) is 9.88 Å². The Bertz CT molecular complexity index is 560. The summed E-state index contributed by atoms with van der Waals surface area (Å²) in [6.07, 6.45) is 3.38. The van der Waals surface area contributed by atoms with Gasteiger partial charge in [0.1, 0.15) is 0 Å². The topological polar surface area (TPSA) is 100 Å². The molecule has 3 rings (SSSR count). The van der Waals surface area contributed by atoms with E-state index in [2.05, 4.69) is 30.6 Å². The number of amidine groups is 2. The zero-order chi connectivity index (χ0) is 13.8. The highest BCUT2D eigenvalue weighted by atomic mass is 16.5. The highest BCUT2D eigenvalue weighted by Gasteiger charge is 2.26. The van der Waals surface area contributed by atoms with Crippen molar-refractivity contribution in [3.8, 4) is 0 Å². The van der Waals surface area contributed by atoms with Gasteiger partial charge in [-0.1, -0.05) is 0 Å². The summed E-state index contributed by atoms with van der Waals surface area (Å²) in [7, 11) is 0. The third-order valence-electron chi connectivity index (χ3n) is 2.98. The number of hydrogen-bond acceptors (Lipinski definition) is 8. The Morgan fingerprint density at radius 1 is 1.30 bits per heavy atom. The van der Waals surface area contributed by atoms with Gasteiger partial charge in [0.15, 0.2) is 17.4 Å². The van der Waals surface area contributed by atoms with Crippen LogP contribution in [0.3, 0.4) is 0 Å². The number of nitrogens with one attached hydrogen (secondary N) is 1. The van der Waals surface area contributed by atoms with E-state index in [1.807, 2.05) is 12.1 Å². The van der Waals surface area contributed by atoms with E-state index in [4.69, 9.17) is 10.5 Å². The lowest BCUT2D eigenvalue weighted by atomic mass is 10.2. The summed E-state index contributed by atoms with van der Waals surface area (Å²) in [6, 6.07) is 3.69. The molecule has 0 bridgehead atoms. The summed E-state index contributed by atoms with van der Waals surface area (Å²) in [4.78, 5) is 6.07. The molecule has 8 heteroatoms.